The number of amides is 1. The minimum Gasteiger partial charge on any atom is -0.356 e. The van der Waals surface area contributed by atoms with Crippen molar-refractivity contribution in [1.29, 1.82) is 0 Å². The number of sulfonamides is 1. The van der Waals surface area contributed by atoms with E-state index in [9.17, 15) is 13.2 Å². The largest absolute Gasteiger partial charge is 0.356 e. The van der Waals surface area contributed by atoms with Crippen LogP contribution in [-0.4, -0.2) is 52.4 Å². The molecule has 1 aliphatic carbocycles. The van der Waals surface area contributed by atoms with Crippen LogP contribution in [0.5, 0.6) is 0 Å². The summed E-state index contributed by atoms with van der Waals surface area (Å²) in [6.45, 7) is 1.35. The average molecular weight is 367 g/mol. The van der Waals surface area contributed by atoms with Crippen molar-refractivity contribution >= 4 is 21.9 Å². The molecule has 1 aliphatic rings. The summed E-state index contributed by atoms with van der Waals surface area (Å²) in [5.74, 6) is 1.20. The van der Waals surface area contributed by atoms with E-state index in [-0.39, 0.29) is 17.3 Å². The Morgan fingerprint density at radius 1 is 1.24 bits per heavy atom. The fourth-order valence-electron chi connectivity index (χ4n) is 2.01. The molecule has 0 atom stereocenters. The number of nitrogens with two attached hydrogens (primary N) is 1. The molecular formula is C16H25N5O3S. The van der Waals surface area contributed by atoms with Gasteiger partial charge in [-0.05, 0) is 36.5 Å². The first-order valence-electron chi connectivity index (χ1n) is 8.10. The standard InChI is InChI=1S/C16H25N5O3S/c1-21(2)15(22)11-20-16(18-9-12-3-4-12)19-10-13-5-7-14(8-6-13)25(17,23)24/h5-8,12H,3-4,9-11H2,1-2H3,(H2,17,23,24)(H2,18,19,20). The van der Waals surface area contributed by atoms with E-state index in [2.05, 4.69) is 15.6 Å². The van der Waals surface area contributed by atoms with Gasteiger partial charge in [0.25, 0.3) is 0 Å². The summed E-state index contributed by atoms with van der Waals surface area (Å²) in [5, 5.41) is 11.3. The van der Waals surface area contributed by atoms with Crippen LogP contribution in [0.25, 0.3) is 0 Å². The smallest absolute Gasteiger partial charge is 0.241 e. The molecule has 9 heteroatoms. The fourth-order valence-corrected chi connectivity index (χ4v) is 2.53. The van der Waals surface area contributed by atoms with Crippen LogP contribution in [0.2, 0.25) is 0 Å². The number of hydrogen-bond acceptors (Lipinski definition) is 4. The lowest BCUT2D eigenvalue weighted by molar-refractivity contribution is -0.127. The number of hydrogen-bond donors (Lipinski definition) is 3. The van der Waals surface area contributed by atoms with Gasteiger partial charge in [0.2, 0.25) is 15.9 Å². The van der Waals surface area contributed by atoms with Gasteiger partial charge in [-0.15, -0.1) is 0 Å². The highest BCUT2D eigenvalue weighted by molar-refractivity contribution is 7.89. The molecular weight excluding hydrogens is 342 g/mol. The van der Waals surface area contributed by atoms with Crippen molar-refractivity contribution in [1.82, 2.24) is 15.5 Å². The van der Waals surface area contributed by atoms with Crippen molar-refractivity contribution < 1.29 is 13.2 Å². The van der Waals surface area contributed by atoms with E-state index in [0.717, 1.165) is 12.1 Å². The van der Waals surface area contributed by atoms with Gasteiger partial charge >= 0.3 is 0 Å². The van der Waals surface area contributed by atoms with Crippen molar-refractivity contribution in [2.24, 2.45) is 16.0 Å². The number of guanidine groups is 1. The quantitative estimate of drug-likeness (QED) is 0.458. The summed E-state index contributed by atoms with van der Waals surface area (Å²) in [6, 6.07) is 6.26. The number of benzene rings is 1. The van der Waals surface area contributed by atoms with Gasteiger partial charge < -0.3 is 15.5 Å². The van der Waals surface area contributed by atoms with Crippen LogP contribution >= 0.6 is 0 Å². The number of primary sulfonamides is 1. The van der Waals surface area contributed by atoms with Gasteiger partial charge in [0.05, 0.1) is 18.0 Å². The molecule has 25 heavy (non-hydrogen) atoms. The van der Waals surface area contributed by atoms with E-state index in [4.69, 9.17) is 5.14 Å². The van der Waals surface area contributed by atoms with Gasteiger partial charge in [0.15, 0.2) is 5.96 Å². The van der Waals surface area contributed by atoms with Crippen molar-refractivity contribution in [3.05, 3.63) is 29.8 Å². The molecule has 8 nitrogen and oxygen atoms in total. The maximum Gasteiger partial charge on any atom is 0.241 e. The third-order valence-electron chi connectivity index (χ3n) is 3.83. The first-order chi connectivity index (χ1) is 11.8. The van der Waals surface area contributed by atoms with Crippen LogP contribution in [-0.2, 0) is 21.4 Å². The summed E-state index contributed by atoms with van der Waals surface area (Å²) in [7, 11) is -0.291. The zero-order chi connectivity index (χ0) is 18.4. The van der Waals surface area contributed by atoms with Gasteiger partial charge in [-0.2, -0.15) is 0 Å². The number of aliphatic imine (C=N–C) groups is 1. The van der Waals surface area contributed by atoms with Crippen molar-refractivity contribution in [2.75, 3.05) is 27.2 Å². The Morgan fingerprint density at radius 2 is 1.88 bits per heavy atom. The molecule has 1 fully saturated rings. The molecule has 0 saturated heterocycles. The monoisotopic (exact) mass is 367 g/mol. The Kier molecular flexibility index (Phi) is 6.38. The molecule has 0 aliphatic heterocycles. The number of nitrogens with one attached hydrogen (secondary N) is 2. The van der Waals surface area contributed by atoms with E-state index in [1.54, 1.807) is 26.2 Å². The molecule has 1 aromatic rings. The summed E-state index contributed by atoms with van der Waals surface area (Å²) in [5.41, 5.74) is 0.846. The number of nitrogens with zero attached hydrogens (tertiary/aromatic N) is 2. The van der Waals surface area contributed by atoms with E-state index in [1.165, 1.54) is 29.9 Å². The molecule has 4 N–H and O–H groups in total. The van der Waals surface area contributed by atoms with Gasteiger partial charge in [0.1, 0.15) is 0 Å². The Hall–Kier alpha value is -2.13. The van der Waals surface area contributed by atoms with Crippen molar-refractivity contribution in [2.45, 2.75) is 24.3 Å². The molecule has 0 unspecified atom stereocenters. The molecule has 1 amide bonds. The van der Waals surface area contributed by atoms with Crippen LogP contribution < -0.4 is 15.8 Å². The highest BCUT2D eigenvalue weighted by Crippen LogP contribution is 2.27. The Bertz CT molecular complexity index is 725. The maximum absolute atomic E-state index is 11.7. The predicted octanol–water partition coefficient (Wildman–Crippen LogP) is -0.133. The minimum absolute atomic E-state index is 0.0431. The predicted molar refractivity (Wildman–Crippen MR) is 96.4 cm³/mol. The second kappa shape index (κ2) is 8.30. The summed E-state index contributed by atoms with van der Waals surface area (Å²) >= 11 is 0. The molecule has 0 aromatic heterocycles. The van der Waals surface area contributed by atoms with Gasteiger partial charge in [-0.1, -0.05) is 12.1 Å². The highest BCUT2D eigenvalue weighted by Gasteiger charge is 2.21. The maximum atomic E-state index is 11.7. The van der Waals surface area contributed by atoms with Gasteiger partial charge in [-0.3, -0.25) is 4.79 Å². The third-order valence-corrected chi connectivity index (χ3v) is 4.76. The SMILES string of the molecule is CN(C)C(=O)CNC(=NCc1ccc(S(N)(=O)=O)cc1)NCC1CC1. The second-order valence-corrected chi connectivity index (χ2v) is 7.88. The zero-order valence-electron chi connectivity index (χ0n) is 14.5. The van der Waals surface area contributed by atoms with Crippen LogP contribution in [0.3, 0.4) is 0 Å². The lowest BCUT2D eigenvalue weighted by atomic mass is 10.2. The molecule has 138 valence electrons. The second-order valence-electron chi connectivity index (χ2n) is 6.32. The molecule has 1 saturated carbocycles. The van der Waals surface area contributed by atoms with E-state index in [0.29, 0.717) is 18.4 Å². The lowest BCUT2D eigenvalue weighted by Gasteiger charge is -2.15. The lowest BCUT2D eigenvalue weighted by Crippen LogP contribution is -2.43. The first-order valence-corrected chi connectivity index (χ1v) is 9.64. The number of carbonyl (C=O) groups is 1. The van der Waals surface area contributed by atoms with E-state index in [1.807, 2.05) is 0 Å². The highest BCUT2D eigenvalue weighted by atomic mass is 32.2. The Balaban J connectivity index is 1.98. The van der Waals surface area contributed by atoms with Gasteiger partial charge in [0, 0.05) is 20.6 Å². The topological polar surface area (TPSA) is 117 Å². The van der Waals surface area contributed by atoms with E-state index >= 15 is 0 Å². The van der Waals surface area contributed by atoms with Crippen LogP contribution in [0.4, 0.5) is 0 Å². The third kappa shape index (κ3) is 6.71. The summed E-state index contributed by atoms with van der Waals surface area (Å²) in [6.07, 6.45) is 2.43. The molecule has 0 bridgehead atoms. The number of rotatable bonds is 7. The number of carbonyl (C=O) groups excluding carboxylic acids is 1. The van der Waals surface area contributed by atoms with Crippen LogP contribution in [0.1, 0.15) is 18.4 Å². The average Bonchev–Trinajstić information content (AvgIpc) is 3.37. The fraction of sp³-hybridized carbons (Fsp3) is 0.500. The van der Waals surface area contributed by atoms with Gasteiger partial charge in [-0.25, -0.2) is 18.5 Å². The van der Waals surface area contributed by atoms with E-state index < -0.39 is 10.0 Å². The minimum atomic E-state index is -3.69. The van der Waals surface area contributed by atoms with Crippen molar-refractivity contribution in [3.8, 4) is 0 Å². The Morgan fingerprint density at radius 3 is 2.40 bits per heavy atom. The molecule has 1 aromatic carbocycles. The Labute approximate surface area is 148 Å². The molecule has 0 heterocycles. The summed E-state index contributed by atoms with van der Waals surface area (Å²) in [4.78, 5) is 17.8. The normalized spacial score (nSPS) is 14.9. The molecule has 0 radical (unpaired) electrons. The molecule has 0 spiro atoms. The van der Waals surface area contributed by atoms with Crippen molar-refractivity contribution in [3.63, 3.8) is 0 Å². The van der Waals surface area contributed by atoms with Crippen LogP contribution in [0.15, 0.2) is 34.2 Å². The van der Waals surface area contributed by atoms with Crippen LogP contribution in [0, 0.1) is 5.92 Å². The molecule has 2 rings (SSSR count). The zero-order valence-corrected chi connectivity index (χ0v) is 15.3. The summed E-state index contributed by atoms with van der Waals surface area (Å²) < 4.78 is 22.5. The number of likely N-dealkylation sites (N-methyl/N-ethyl adjacent to an activating group) is 1. The first kappa shape index (κ1) is 19.2.